The van der Waals surface area contributed by atoms with Gasteiger partial charge in [-0.2, -0.15) is 5.10 Å². The largest absolute Gasteiger partial charge is 0.507 e. The molecule has 3 aromatic rings. The van der Waals surface area contributed by atoms with Crippen molar-refractivity contribution < 1.29 is 24.2 Å². The summed E-state index contributed by atoms with van der Waals surface area (Å²) in [4.78, 5) is 35.7. The van der Waals surface area contributed by atoms with Crippen LogP contribution in [0, 0.1) is 0 Å². The molecule has 1 aliphatic carbocycles. The summed E-state index contributed by atoms with van der Waals surface area (Å²) in [7, 11) is 0. The minimum atomic E-state index is -0.396. The van der Waals surface area contributed by atoms with Gasteiger partial charge in [0.15, 0.2) is 12.1 Å². The summed E-state index contributed by atoms with van der Waals surface area (Å²) in [6, 6.07) is 14.0. The molecule has 2 atom stereocenters. The molecule has 0 unspecified atom stereocenters. The standard InChI is InChI=1S/C27H30N4O5/c1-16(2)28-27(35)36-20-11-10-19(13-20)23-14-25(31-30-23)29-26(34)12-17-6-8-18(9-7-17)21-4-3-5-24(33)22(21)15-32/h3-9,14-16,19-20,33H,10-13H2,1-2H3,(H,28,35)(H2,29,30,31,34)/t19-,20+/m0/s1. The third-order valence-electron chi connectivity index (χ3n) is 6.20. The highest BCUT2D eigenvalue weighted by Gasteiger charge is 2.30. The van der Waals surface area contributed by atoms with Gasteiger partial charge in [0.1, 0.15) is 11.9 Å². The zero-order valence-electron chi connectivity index (χ0n) is 20.3. The Kier molecular flexibility index (Phi) is 7.68. The molecule has 0 aliphatic heterocycles. The first-order chi connectivity index (χ1) is 17.3. The number of carbonyl (C=O) groups excluding carboxylic acids is 3. The Morgan fingerprint density at radius 2 is 1.97 bits per heavy atom. The van der Waals surface area contributed by atoms with Crippen LogP contribution in [0.5, 0.6) is 5.75 Å². The maximum Gasteiger partial charge on any atom is 0.407 e. The highest BCUT2D eigenvalue weighted by molar-refractivity contribution is 5.92. The van der Waals surface area contributed by atoms with Crippen LogP contribution in [-0.2, 0) is 16.0 Å². The van der Waals surface area contributed by atoms with Crippen LogP contribution in [0.25, 0.3) is 11.1 Å². The molecule has 2 aromatic carbocycles. The predicted molar refractivity (Wildman–Crippen MR) is 135 cm³/mol. The van der Waals surface area contributed by atoms with E-state index in [1.807, 2.05) is 44.2 Å². The number of aldehydes is 1. The number of aromatic nitrogens is 2. The van der Waals surface area contributed by atoms with E-state index in [-0.39, 0.29) is 41.7 Å². The molecule has 1 aliphatic rings. The average molecular weight is 491 g/mol. The topological polar surface area (TPSA) is 133 Å². The fourth-order valence-electron chi connectivity index (χ4n) is 4.46. The van der Waals surface area contributed by atoms with E-state index in [0.717, 1.165) is 29.7 Å². The second-order valence-electron chi connectivity index (χ2n) is 9.32. The van der Waals surface area contributed by atoms with E-state index in [9.17, 15) is 19.5 Å². The lowest BCUT2D eigenvalue weighted by Crippen LogP contribution is -2.33. The number of amides is 2. The number of benzene rings is 2. The lowest BCUT2D eigenvalue weighted by atomic mass is 9.98. The number of aromatic hydroxyl groups is 1. The summed E-state index contributed by atoms with van der Waals surface area (Å²) >= 11 is 0. The molecule has 9 nitrogen and oxygen atoms in total. The first-order valence-electron chi connectivity index (χ1n) is 12.0. The lowest BCUT2D eigenvalue weighted by molar-refractivity contribution is -0.115. The van der Waals surface area contributed by atoms with Gasteiger partial charge in [-0.25, -0.2) is 4.79 Å². The van der Waals surface area contributed by atoms with Crippen molar-refractivity contribution in [2.45, 2.75) is 57.6 Å². The molecule has 0 spiro atoms. The summed E-state index contributed by atoms with van der Waals surface area (Å²) in [6.07, 6.45) is 2.61. The molecule has 1 fully saturated rings. The molecular formula is C27H30N4O5. The highest BCUT2D eigenvalue weighted by Crippen LogP contribution is 2.36. The van der Waals surface area contributed by atoms with Gasteiger partial charge < -0.3 is 20.5 Å². The number of phenols is 1. The maximum absolute atomic E-state index is 12.6. The number of nitrogens with zero attached hydrogens (tertiary/aromatic N) is 1. The van der Waals surface area contributed by atoms with E-state index in [0.29, 0.717) is 24.1 Å². The normalized spacial score (nSPS) is 17.1. The van der Waals surface area contributed by atoms with E-state index in [4.69, 9.17) is 4.74 Å². The average Bonchev–Trinajstić information content (AvgIpc) is 3.48. The van der Waals surface area contributed by atoms with Crippen molar-refractivity contribution in [3.05, 3.63) is 65.4 Å². The van der Waals surface area contributed by atoms with Crippen molar-refractivity contribution in [1.29, 1.82) is 0 Å². The van der Waals surface area contributed by atoms with Crippen molar-refractivity contribution in [2.24, 2.45) is 0 Å². The number of ether oxygens (including phenoxy) is 1. The van der Waals surface area contributed by atoms with Crippen LogP contribution < -0.4 is 10.6 Å². The molecule has 0 bridgehead atoms. The van der Waals surface area contributed by atoms with Crippen molar-refractivity contribution in [1.82, 2.24) is 15.5 Å². The fraction of sp³-hybridized carbons (Fsp3) is 0.333. The number of H-pyrrole nitrogens is 1. The van der Waals surface area contributed by atoms with Gasteiger partial charge in [0.25, 0.3) is 0 Å². The van der Waals surface area contributed by atoms with Crippen molar-refractivity contribution in [3.8, 4) is 16.9 Å². The number of carbonyl (C=O) groups is 3. The molecule has 1 aromatic heterocycles. The van der Waals surface area contributed by atoms with Gasteiger partial charge in [-0.1, -0.05) is 36.4 Å². The Labute approximate surface area is 209 Å². The predicted octanol–water partition coefficient (Wildman–Crippen LogP) is 4.55. The minimum absolute atomic E-state index is 0.0278. The van der Waals surface area contributed by atoms with Crippen LogP contribution in [0.15, 0.2) is 48.5 Å². The van der Waals surface area contributed by atoms with Gasteiger partial charge in [-0.3, -0.25) is 14.7 Å². The highest BCUT2D eigenvalue weighted by atomic mass is 16.6. The molecule has 1 heterocycles. The van der Waals surface area contributed by atoms with Gasteiger partial charge in [0.05, 0.1) is 12.0 Å². The summed E-state index contributed by atoms with van der Waals surface area (Å²) in [5, 5.41) is 22.7. The number of anilines is 1. The molecule has 1 saturated carbocycles. The molecule has 9 heteroatoms. The summed E-state index contributed by atoms with van der Waals surface area (Å²) in [5.41, 5.74) is 3.34. The van der Waals surface area contributed by atoms with E-state index in [1.165, 1.54) is 6.07 Å². The first kappa shape index (κ1) is 25.0. The van der Waals surface area contributed by atoms with E-state index < -0.39 is 6.09 Å². The summed E-state index contributed by atoms with van der Waals surface area (Å²) in [6.45, 7) is 3.77. The number of aromatic amines is 1. The third kappa shape index (κ3) is 6.10. The van der Waals surface area contributed by atoms with Gasteiger partial charge in [0.2, 0.25) is 5.91 Å². The number of hydrogen-bond acceptors (Lipinski definition) is 6. The van der Waals surface area contributed by atoms with Crippen LogP contribution >= 0.6 is 0 Å². The number of alkyl carbamates (subject to hydrolysis) is 1. The number of nitrogens with one attached hydrogen (secondary N) is 3. The number of rotatable bonds is 8. The van der Waals surface area contributed by atoms with E-state index >= 15 is 0 Å². The second-order valence-corrected chi connectivity index (χ2v) is 9.32. The summed E-state index contributed by atoms with van der Waals surface area (Å²) in [5.74, 6) is 0.358. The molecule has 2 amide bonds. The Hall–Kier alpha value is -4.14. The molecule has 4 N–H and O–H groups in total. The first-order valence-corrected chi connectivity index (χ1v) is 12.0. The van der Waals surface area contributed by atoms with Crippen molar-refractivity contribution in [3.63, 3.8) is 0 Å². The minimum Gasteiger partial charge on any atom is -0.507 e. The van der Waals surface area contributed by atoms with Crippen LogP contribution in [0.4, 0.5) is 10.6 Å². The van der Waals surface area contributed by atoms with Crippen LogP contribution in [-0.4, -0.2) is 45.7 Å². The van der Waals surface area contributed by atoms with Crippen LogP contribution in [0.2, 0.25) is 0 Å². The molecule has 36 heavy (non-hydrogen) atoms. The van der Waals surface area contributed by atoms with Gasteiger partial charge in [-0.05, 0) is 55.9 Å². The number of hydrogen-bond donors (Lipinski definition) is 4. The smallest absolute Gasteiger partial charge is 0.407 e. The Morgan fingerprint density at radius 1 is 1.19 bits per heavy atom. The molecule has 0 radical (unpaired) electrons. The SMILES string of the molecule is CC(C)NC(=O)O[C@@H]1CC[C@H](c2cc(NC(=O)Cc3ccc(-c4cccc(O)c4C=O)cc3)n[nH]2)C1. The molecule has 0 saturated heterocycles. The van der Waals surface area contributed by atoms with Gasteiger partial charge in [0, 0.05) is 23.7 Å². The van der Waals surface area contributed by atoms with Crippen molar-refractivity contribution in [2.75, 3.05) is 5.32 Å². The zero-order chi connectivity index (χ0) is 25.7. The third-order valence-corrected chi connectivity index (χ3v) is 6.20. The Bertz CT molecular complexity index is 1240. The number of phenolic OH excluding ortho intramolecular Hbond substituents is 1. The Morgan fingerprint density at radius 3 is 2.69 bits per heavy atom. The molecule has 188 valence electrons. The Balaban J connectivity index is 1.31. The monoisotopic (exact) mass is 490 g/mol. The van der Waals surface area contributed by atoms with Crippen LogP contribution in [0.1, 0.15) is 60.6 Å². The van der Waals surface area contributed by atoms with E-state index in [1.54, 1.807) is 12.1 Å². The summed E-state index contributed by atoms with van der Waals surface area (Å²) < 4.78 is 5.48. The molecule has 4 rings (SSSR count). The quantitative estimate of drug-likeness (QED) is 0.343. The van der Waals surface area contributed by atoms with Crippen molar-refractivity contribution >= 4 is 24.1 Å². The maximum atomic E-state index is 12.6. The lowest BCUT2D eigenvalue weighted by Gasteiger charge is -2.14. The zero-order valence-corrected chi connectivity index (χ0v) is 20.3. The van der Waals surface area contributed by atoms with E-state index in [2.05, 4.69) is 20.8 Å². The van der Waals surface area contributed by atoms with Gasteiger partial charge in [-0.15, -0.1) is 0 Å². The van der Waals surface area contributed by atoms with Gasteiger partial charge >= 0.3 is 6.09 Å². The fourth-order valence-corrected chi connectivity index (χ4v) is 4.46. The second kappa shape index (κ2) is 11.1. The molecular weight excluding hydrogens is 460 g/mol. The van der Waals surface area contributed by atoms with Crippen LogP contribution in [0.3, 0.4) is 0 Å².